The summed E-state index contributed by atoms with van der Waals surface area (Å²) in [6, 6.07) is 1.66. The van der Waals surface area contributed by atoms with Gasteiger partial charge >= 0.3 is 0 Å². The molecule has 0 bridgehead atoms. The Bertz CT molecular complexity index is 775. The van der Waals surface area contributed by atoms with Gasteiger partial charge in [-0.3, -0.25) is 4.79 Å². The summed E-state index contributed by atoms with van der Waals surface area (Å²) in [5.41, 5.74) is 0.302. The lowest BCUT2D eigenvalue weighted by atomic mass is 10.1. The van der Waals surface area contributed by atoms with E-state index in [9.17, 15) is 13.2 Å². The molecule has 8 nitrogen and oxygen atoms in total. The molecule has 27 heavy (non-hydrogen) atoms. The molecule has 2 aliphatic rings. The zero-order valence-corrected chi connectivity index (χ0v) is 16.7. The van der Waals surface area contributed by atoms with Crippen LogP contribution in [-0.2, 0) is 10.0 Å². The second-order valence-electron chi connectivity index (χ2n) is 7.54. The molecule has 1 N–H and O–H groups in total. The number of carbonyl (C=O) groups excluding carboxylic acids is 1. The van der Waals surface area contributed by atoms with E-state index in [-0.39, 0.29) is 11.9 Å². The molecule has 1 aromatic heterocycles. The van der Waals surface area contributed by atoms with E-state index in [0.29, 0.717) is 44.0 Å². The lowest BCUT2D eigenvalue weighted by Crippen LogP contribution is -2.46. The van der Waals surface area contributed by atoms with Crippen molar-refractivity contribution in [3.63, 3.8) is 0 Å². The number of hydrogen-bond donors (Lipinski definition) is 1. The van der Waals surface area contributed by atoms with Gasteiger partial charge in [0.1, 0.15) is 5.76 Å². The summed E-state index contributed by atoms with van der Waals surface area (Å²) in [7, 11) is 0.513. The number of nitrogens with zero attached hydrogens (tertiary/aromatic N) is 3. The third-order valence-electron chi connectivity index (χ3n) is 4.90. The van der Waals surface area contributed by atoms with E-state index in [0.717, 1.165) is 25.1 Å². The van der Waals surface area contributed by atoms with E-state index >= 15 is 0 Å². The van der Waals surface area contributed by atoms with Crippen LogP contribution in [0.4, 0.5) is 0 Å². The molecule has 1 aliphatic heterocycles. The fraction of sp³-hybridized carbons (Fsp3) is 0.667. The number of sulfonamides is 1. The van der Waals surface area contributed by atoms with Crippen molar-refractivity contribution < 1.29 is 17.7 Å². The molecule has 0 atom stereocenters. The Morgan fingerprint density at radius 2 is 2.04 bits per heavy atom. The monoisotopic (exact) mass is 396 g/mol. The van der Waals surface area contributed by atoms with Crippen LogP contribution in [0.5, 0.6) is 0 Å². The first-order chi connectivity index (χ1) is 12.8. The molecule has 0 radical (unpaired) electrons. The molecule has 1 saturated carbocycles. The minimum Gasteiger partial charge on any atom is -0.360 e. The van der Waals surface area contributed by atoms with Crippen molar-refractivity contribution in [3.05, 3.63) is 29.0 Å². The zero-order chi connectivity index (χ0) is 19.4. The summed E-state index contributed by atoms with van der Waals surface area (Å²) in [6.45, 7) is 1.61. The average molecular weight is 397 g/mol. The maximum absolute atomic E-state index is 12.4. The Morgan fingerprint density at radius 1 is 1.33 bits per heavy atom. The van der Waals surface area contributed by atoms with Crippen LogP contribution in [0.2, 0.25) is 0 Å². The Kier molecular flexibility index (Phi) is 6.33. The van der Waals surface area contributed by atoms with Gasteiger partial charge in [-0.2, -0.15) is 4.31 Å². The summed E-state index contributed by atoms with van der Waals surface area (Å²) in [5.74, 6) is 0.941. The van der Waals surface area contributed by atoms with Crippen LogP contribution in [0.25, 0.3) is 0 Å². The number of piperidine rings is 1. The lowest BCUT2D eigenvalue weighted by molar-refractivity contribution is 0.0914. The maximum atomic E-state index is 12.4. The van der Waals surface area contributed by atoms with Gasteiger partial charge < -0.3 is 14.7 Å². The van der Waals surface area contributed by atoms with Crippen molar-refractivity contribution in [2.45, 2.75) is 44.1 Å². The molecule has 0 spiro atoms. The number of amides is 1. The molecule has 1 aliphatic carbocycles. The van der Waals surface area contributed by atoms with Crippen LogP contribution in [-0.4, -0.2) is 68.5 Å². The van der Waals surface area contributed by atoms with Crippen LogP contribution >= 0.6 is 0 Å². The smallest absolute Gasteiger partial charge is 0.273 e. The molecular formula is C18H28N4O4S. The summed E-state index contributed by atoms with van der Waals surface area (Å²) < 4.78 is 31.4. The third kappa shape index (κ3) is 5.63. The van der Waals surface area contributed by atoms with Gasteiger partial charge in [-0.15, -0.1) is 0 Å². The lowest BCUT2D eigenvalue weighted by Gasteiger charge is -2.30. The van der Waals surface area contributed by atoms with E-state index in [1.54, 1.807) is 12.1 Å². The van der Waals surface area contributed by atoms with Crippen LogP contribution in [0, 0.1) is 0 Å². The molecule has 2 heterocycles. The van der Waals surface area contributed by atoms with Crippen LogP contribution in [0.3, 0.4) is 0 Å². The second-order valence-corrected chi connectivity index (χ2v) is 9.36. The van der Waals surface area contributed by atoms with Gasteiger partial charge in [0.2, 0.25) is 10.0 Å². The minimum atomic E-state index is -3.39. The van der Waals surface area contributed by atoms with Crippen molar-refractivity contribution in [2.24, 2.45) is 0 Å². The van der Waals surface area contributed by atoms with Crippen LogP contribution < -0.4 is 5.32 Å². The molecule has 0 aromatic carbocycles. The molecule has 9 heteroatoms. The fourth-order valence-corrected chi connectivity index (χ4v) is 4.35. The van der Waals surface area contributed by atoms with Gasteiger partial charge in [-0.25, -0.2) is 8.42 Å². The first kappa shape index (κ1) is 20.0. The largest absolute Gasteiger partial charge is 0.360 e. The number of nitrogens with one attached hydrogen (secondary N) is 1. The van der Waals surface area contributed by atoms with E-state index < -0.39 is 10.0 Å². The van der Waals surface area contributed by atoms with Crippen LogP contribution in [0.1, 0.15) is 54.3 Å². The van der Waals surface area contributed by atoms with Gasteiger partial charge in [-0.05, 0) is 46.2 Å². The van der Waals surface area contributed by atoms with E-state index in [4.69, 9.17) is 4.52 Å². The number of aromatic nitrogens is 1. The highest BCUT2D eigenvalue weighted by Crippen LogP contribution is 2.40. The minimum absolute atomic E-state index is 0.0530. The summed E-state index contributed by atoms with van der Waals surface area (Å²) >= 11 is 0. The Morgan fingerprint density at radius 3 is 2.67 bits per heavy atom. The van der Waals surface area contributed by atoms with Gasteiger partial charge in [-0.1, -0.05) is 11.2 Å². The molecule has 150 valence electrons. The van der Waals surface area contributed by atoms with Gasteiger partial charge in [0.05, 0.1) is 0 Å². The highest BCUT2D eigenvalue weighted by Gasteiger charge is 2.30. The van der Waals surface area contributed by atoms with Crippen molar-refractivity contribution in [1.29, 1.82) is 0 Å². The predicted molar refractivity (Wildman–Crippen MR) is 102 cm³/mol. The summed E-state index contributed by atoms with van der Waals surface area (Å²) in [4.78, 5) is 14.3. The van der Waals surface area contributed by atoms with Crippen LogP contribution in [0.15, 0.2) is 22.1 Å². The van der Waals surface area contributed by atoms with Gasteiger partial charge in [0, 0.05) is 43.1 Å². The van der Waals surface area contributed by atoms with E-state index in [1.165, 1.54) is 9.71 Å². The van der Waals surface area contributed by atoms with E-state index in [2.05, 4.69) is 10.5 Å². The second kappa shape index (κ2) is 8.53. The normalized spacial score (nSPS) is 19.8. The van der Waals surface area contributed by atoms with Crippen molar-refractivity contribution in [3.8, 4) is 0 Å². The van der Waals surface area contributed by atoms with Crippen molar-refractivity contribution in [2.75, 3.05) is 33.7 Å². The SMILES string of the molecule is CN(C)CCC=CS(=O)(=O)N1CCC(NC(=O)c2cc(C3CC3)on2)CC1. The van der Waals surface area contributed by atoms with Crippen molar-refractivity contribution >= 4 is 15.9 Å². The van der Waals surface area contributed by atoms with Gasteiger partial charge in [0.15, 0.2) is 5.69 Å². The third-order valence-corrected chi connectivity index (χ3v) is 6.52. The Hall–Kier alpha value is -1.71. The molecule has 1 amide bonds. The molecule has 3 rings (SSSR count). The molecular weight excluding hydrogens is 368 g/mol. The first-order valence-corrected chi connectivity index (χ1v) is 10.9. The quantitative estimate of drug-likeness (QED) is 0.716. The number of rotatable bonds is 8. The van der Waals surface area contributed by atoms with Gasteiger partial charge in [0.25, 0.3) is 5.91 Å². The Balaban J connectivity index is 1.45. The highest BCUT2D eigenvalue weighted by atomic mass is 32.2. The standard InChI is InChI=1S/C18H28N4O4S/c1-21(2)9-3-4-12-27(24,25)22-10-7-15(8-11-22)19-18(23)16-13-17(26-20-16)14-5-6-14/h4,12-15H,3,5-11H2,1-2H3,(H,19,23). The molecule has 0 unspecified atom stereocenters. The summed E-state index contributed by atoms with van der Waals surface area (Å²) in [5, 5.41) is 8.08. The summed E-state index contributed by atoms with van der Waals surface area (Å²) in [6.07, 6.45) is 5.75. The number of carbonyl (C=O) groups is 1. The molecule has 2 fully saturated rings. The highest BCUT2D eigenvalue weighted by molar-refractivity contribution is 7.92. The molecule has 1 aromatic rings. The topological polar surface area (TPSA) is 95.8 Å². The average Bonchev–Trinajstić information content (AvgIpc) is 3.36. The maximum Gasteiger partial charge on any atom is 0.273 e. The Labute approximate surface area is 160 Å². The molecule has 1 saturated heterocycles. The number of hydrogen-bond acceptors (Lipinski definition) is 6. The zero-order valence-electron chi connectivity index (χ0n) is 15.9. The van der Waals surface area contributed by atoms with E-state index in [1.807, 2.05) is 19.0 Å². The predicted octanol–water partition coefficient (Wildman–Crippen LogP) is 1.54. The van der Waals surface area contributed by atoms with Crippen molar-refractivity contribution in [1.82, 2.24) is 19.7 Å². The fourth-order valence-electron chi connectivity index (χ4n) is 3.08. The first-order valence-electron chi connectivity index (χ1n) is 9.44.